The largest absolute Gasteiger partial charge is 0.541 e. The third-order valence-electron chi connectivity index (χ3n) is 2.30. The van der Waals surface area contributed by atoms with Crippen LogP contribution in [0.4, 0.5) is 5.69 Å². The zero-order chi connectivity index (χ0) is 13.5. The van der Waals surface area contributed by atoms with Crippen LogP contribution in [0.15, 0.2) is 47.7 Å². The summed E-state index contributed by atoms with van der Waals surface area (Å²) in [7, 11) is -0.784. The number of nitrogens with zero attached hydrogens (tertiary/aromatic N) is 3. The molecule has 2 rings (SSSR count). The second kappa shape index (κ2) is 6.80. The van der Waals surface area contributed by atoms with Gasteiger partial charge in [-0.25, -0.2) is 9.97 Å². The van der Waals surface area contributed by atoms with Crippen molar-refractivity contribution in [3.8, 4) is 5.75 Å². The molecule has 1 radical (unpaired) electrons. The number of para-hydroxylation sites is 2. The first-order valence-electron chi connectivity index (χ1n) is 6.11. The Morgan fingerprint density at radius 1 is 1.16 bits per heavy atom. The molecule has 0 aliphatic heterocycles. The summed E-state index contributed by atoms with van der Waals surface area (Å²) in [6, 6.07) is 9.61. The minimum Gasteiger partial charge on any atom is -0.541 e. The van der Waals surface area contributed by atoms with E-state index in [0.29, 0.717) is 6.42 Å². The van der Waals surface area contributed by atoms with Gasteiger partial charge in [-0.2, -0.15) is 0 Å². The zero-order valence-corrected chi connectivity index (χ0v) is 12.1. The molecule has 0 aliphatic carbocycles. The van der Waals surface area contributed by atoms with E-state index in [-0.39, 0.29) is 0 Å². The molecular weight excluding hydrogens is 254 g/mol. The molecule has 1 aromatic heterocycles. The van der Waals surface area contributed by atoms with Crippen LogP contribution in [0.5, 0.6) is 5.75 Å². The van der Waals surface area contributed by atoms with Gasteiger partial charge in [0.05, 0.1) is 0 Å². The van der Waals surface area contributed by atoms with Crippen LogP contribution in [0.25, 0.3) is 0 Å². The van der Waals surface area contributed by atoms with E-state index in [1.165, 1.54) is 0 Å². The lowest BCUT2D eigenvalue weighted by molar-refractivity contribution is 0.582. The van der Waals surface area contributed by atoms with E-state index in [2.05, 4.69) is 28.1 Å². The van der Waals surface area contributed by atoms with Crippen molar-refractivity contribution < 1.29 is 4.43 Å². The molecule has 0 N–H and O–H groups in total. The van der Waals surface area contributed by atoms with Gasteiger partial charge in [0.2, 0.25) is 0 Å². The van der Waals surface area contributed by atoms with Crippen LogP contribution in [0, 0.1) is 0 Å². The van der Waals surface area contributed by atoms with Crippen LogP contribution in [0.2, 0.25) is 13.1 Å². The van der Waals surface area contributed by atoms with E-state index in [1.54, 1.807) is 18.5 Å². The van der Waals surface area contributed by atoms with E-state index in [9.17, 15) is 0 Å². The minimum atomic E-state index is -0.784. The van der Waals surface area contributed by atoms with Crippen molar-refractivity contribution in [1.29, 1.82) is 0 Å². The van der Waals surface area contributed by atoms with Gasteiger partial charge in [0.15, 0.2) is 0 Å². The fraction of sp³-hybridized carbons (Fsp3) is 0.214. The van der Waals surface area contributed by atoms with Crippen LogP contribution < -0.4 is 4.43 Å². The first-order chi connectivity index (χ1) is 9.25. The van der Waals surface area contributed by atoms with Crippen molar-refractivity contribution in [1.82, 2.24) is 9.97 Å². The number of aromatic nitrogens is 2. The molecule has 4 nitrogen and oxygen atoms in total. The summed E-state index contributed by atoms with van der Waals surface area (Å²) in [6.07, 6.45) is 5.90. The van der Waals surface area contributed by atoms with E-state index < -0.39 is 9.04 Å². The Morgan fingerprint density at radius 2 is 1.89 bits per heavy atom. The maximum atomic E-state index is 5.80. The quantitative estimate of drug-likeness (QED) is 0.619. The second-order valence-electron chi connectivity index (χ2n) is 4.16. The lowest BCUT2D eigenvalue weighted by atomic mass is 10.3. The molecule has 0 saturated carbocycles. The zero-order valence-electron chi connectivity index (χ0n) is 11.1. The molecule has 0 saturated heterocycles. The average Bonchev–Trinajstić information content (AvgIpc) is 2.41. The lowest BCUT2D eigenvalue weighted by Crippen LogP contribution is -2.11. The highest BCUT2D eigenvalue weighted by molar-refractivity contribution is 6.49. The number of rotatable bonds is 5. The molecule has 0 aliphatic rings. The number of benzene rings is 1. The van der Waals surface area contributed by atoms with Gasteiger partial charge in [-0.05, 0) is 31.3 Å². The van der Waals surface area contributed by atoms with Crippen molar-refractivity contribution in [3.63, 3.8) is 0 Å². The standard InChI is InChI=1S/C14H16N3OSi/c1-19(2)18-13-7-4-3-6-12(13)15-11-8-14-16-9-5-10-17-14/h3-7,9-11H,8H2,1-2H3. The van der Waals surface area contributed by atoms with Gasteiger partial charge in [0, 0.05) is 25.0 Å². The normalized spacial score (nSPS) is 11.1. The number of hydrogen-bond donors (Lipinski definition) is 0. The Bertz CT molecular complexity index is 543. The lowest BCUT2D eigenvalue weighted by Gasteiger charge is -2.10. The molecule has 97 valence electrons. The van der Waals surface area contributed by atoms with Crippen molar-refractivity contribution in [2.45, 2.75) is 19.5 Å². The first-order valence-corrected chi connectivity index (χ1v) is 8.52. The highest BCUT2D eigenvalue weighted by Gasteiger charge is 2.04. The molecule has 1 aromatic carbocycles. The van der Waals surface area contributed by atoms with Crippen LogP contribution >= 0.6 is 0 Å². The summed E-state index contributed by atoms with van der Waals surface area (Å²) < 4.78 is 5.80. The molecule has 5 heteroatoms. The third-order valence-corrected chi connectivity index (χ3v) is 2.93. The number of hydrogen-bond acceptors (Lipinski definition) is 4. The summed E-state index contributed by atoms with van der Waals surface area (Å²) in [4.78, 5) is 12.7. The summed E-state index contributed by atoms with van der Waals surface area (Å²) in [6.45, 7) is 4.20. The van der Waals surface area contributed by atoms with Gasteiger partial charge in [-0.1, -0.05) is 12.1 Å². The maximum absolute atomic E-state index is 5.80. The van der Waals surface area contributed by atoms with Gasteiger partial charge in [-0.15, -0.1) is 0 Å². The smallest absolute Gasteiger partial charge is 0.274 e. The number of aliphatic imine (C=N–C) groups is 1. The molecule has 0 spiro atoms. The predicted octanol–water partition coefficient (Wildman–Crippen LogP) is 3.05. The fourth-order valence-corrected chi connectivity index (χ4v) is 2.14. The molecule has 0 amide bonds. The Hall–Kier alpha value is -2.01. The Labute approximate surface area is 114 Å². The van der Waals surface area contributed by atoms with Crippen molar-refractivity contribution in [2.75, 3.05) is 0 Å². The van der Waals surface area contributed by atoms with Crippen LogP contribution in [-0.4, -0.2) is 25.2 Å². The van der Waals surface area contributed by atoms with Crippen LogP contribution in [0.3, 0.4) is 0 Å². The van der Waals surface area contributed by atoms with E-state index in [0.717, 1.165) is 17.3 Å². The summed E-state index contributed by atoms with van der Waals surface area (Å²) in [5, 5.41) is 0. The Balaban J connectivity index is 2.06. The van der Waals surface area contributed by atoms with Gasteiger partial charge < -0.3 is 4.43 Å². The van der Waals surface area contributed by atoms with Gasteiger partial charge >= 0.3 is 0 Å². The molecular formula is C14H16N3OSi. The van der Waals surface area contributed by atoms with Gasteiger partial charge in [0.25, 0.3) is 9.04 Å². The monoisotopic (exact) mass is 270 g/mol. The van der Waals surface area contributed by atoms with E-state index in [4.69, 9.17) is 4.43 Å². The molecule has 0 fully saturated rings. The van der Waals surface area contributed by atoms with E-state index in [1.807, 2.05) is 30.5 Å². The fourth-order valence-electron chi connectivity index (χ4n) is 1.53. The molecule has 1 heterocycles. The molecule has 0 atom stereocenters. The molecule has 0 bridgehead atoms. The topological polar surface area (TPSA) is 47.4 Å². The van der Waals surface area contributed by atoms with Crippen molar-refractivity contribution in [2.24, 2.45) is 4.99 Å². The van der Waals surface area contributed by atoms with Crippen molar-refractivity contribution >= 4 is 20.9 Å². The van der Waals surface area contributed by atoms with Gasteiger partial charge in [0.1, 0.15) is 17.3 Å². The Kier molecular flexibility index (Phi) is 4.80. The predicted molar refractivity (Wildman–Crippen MR) is 78.4 cm³/mol. The second-order valence-corrected chi connectivity index (χ2v) is 6.18. The highest BCUT2D eigenvalue weighted by atomic mass is 28.3. The molecule has 19 heavy (non-hydrogen) atoms. The van der Waals surface area contributed by atoms with Gasteiger partial charge in [-0.3, -0.25) is 4.99 Å². The Morgan fingerprint density at radius 3 is 2.63 bits per heavy atom. The first kappa shape index (κ1) is 13.4. The summed E-state index contributed by atoms with van der Waals surface area (Å²) in [5.74, 6) is 1.60. The van der Waals surface area contributed by atoms with Crippen LogP contribution in [0.1, 0.15) is 5.82 Å². The molecule has 0 unspecified atom stereocenters. The van der Waals surface area contributed by atoms with Crippen molar-refractivity contribution in [3.05, 3.63) is 48.5 Å². The maximum Gasteiger partial charge on any atom is 0.274 e. The molecule has 2 aromatic rings. The summed E-state index contributed by atoms with van der Waals surface area (Å²) in [5.41, 5.74) is 0.852. The minimum absolute atomic E-state index is 0.616. The van der Waals surface area contributed by atoms with E-state index >= 15 is 0 Å². The SMILES string of the molecule is C[Si](C)Oc1ccccc1N=CCc1ncccn1. The summed E-state index contributed by atoms with van der Waals surface area (Å²) >= 11 is 0. The third kappa shape index (κ3) is 4.29. The highest BCUT2D eigenvalue weighted by Crippen LogP contribution is 2.26. The average molecular weight is 270 g/mol. The van der Waals surface area contributed by atoms with Crippen LogP contribution in [-0.2, 0) is 6.42 Å².